The van der Waals surface area contributed by atoms with Crippen LogP contribution in [0.25, 0.3) is 0 Å². The van der Waals surface area contributed by atoms with E-state index in [-0.39, 0.29) is 29.5 Å². The molecule has 0 saturated carbocycles. The Morgan fingerprint density at radius 3 is 2.51 bits per heavy atom. The van der Waals surface area contributed by atoms with E-state index in [9.17, 15) is 14.0 Å². The van der Waals surface area contributed by atoms with Crippen LogP contribution in [-0.4, -0.2) is 23.4 Å². The molecule has 1 heterocycles. The molecule has 0 spiro atoms. The number of aromatic nitrogens is 1. The zero-order valence-corrected chi connectivity index (χ0v) is 19.4. The number of hydrogen-bond donors (Lipinski definition) is 2. The Labute approximate surface area is 206 Å². The lowest BCUT2D eigenvalue weighted by molar-refractivity contribution is -0.118. The number of rotatable bonds is 9. The van der Waals surface area contributed by atoms with Crippen LogP contribution in [0.15, 0.2) is 102 Å². The van der Waals surface area contributed by atoms with Crippen LogP contribution in [0.5, 0.6) is 5.75 Å². The van der Waals surface area contributed by atoms with Gasteiger partial charge >= 0.3 is 0 Å². The summed E-state index contributed by atoms with van der Waals surface area (Å²) >= 11 is 1.61. The van der Waals surface area contributed by atoms with Crippen molar-refractivity contribution in [1.82, 2.24) is 4.98 Å². The minimum atomic E-state index is -0.540. The molecule has 6 nitrogen and oxygen atoms in total. The van der Waals surface area contributed by atoms with Gasteiger partial charge in [-0.05, 0) is 54.1 Å². The van der Waals surface area contributed by atoms with Crippen molar-refractivity contribution in [2.45, 2.75) is 10.8 Å². The van der Waals surface area contributed by atoms with E-state index < -0.39 is 11.7 Å². The molecule has 3 aromatic carbocycles. The zero-order valence-electron chi connectivity index (χ0n) is 18.6. The van der Waals surface area contributed by atoms with Crippen molar-refractivity contribution < 1.29 is 18.7 Å². The molecule has 2 amide bonds. The number of ether oxygens (including phenoxy) is 1. The van der Waals surface area contributed by atoms with Gasteiger partial charge in [0, 0.05) is 17.6 Å². The number of nitrogens with one attached hydrogen (secondary N) is 2. The van der Waals surface area contributed by atoms with Gasteiger partial charge in [-0.2, -0.15) is 0 Å². The Hall–Kier alpha value is -4.17. The average molecular weight is 488 g/mol. The highest BCUT2D eigenvalue weighted by atomic mass is 32.2. The quantitative estimate of drug-likeness (QED) is 0.293. The Morgan fingerprint density at radius 2 is 1.69 bits per heavy atom. The summed E-state index contributed by atoms with van der Waals surface area (Å²) in [7, 11) is 0. The Bertz CT molecular complexity index is 1320. The summed E-state index contributed by atoms with van der Waals surface area (Å²) in [5.41, 5.74) is 2.02. The van der Waals surface area contributed by atoms with Gasteiger partial charge in [-0.15, -0.1) is 11.8 Å². The first-order chi connectivity index (χ1) is 17.1. The van der Waals surface area contributed by atoms with E-state index in [2.05, 4.69) is 15.6 Å². The van der Waals surface area contributed by atoms with Gasteiger partial charge in [0.2, 0.25) is 0 Å². The third-order valence-electron chi connectivity index (χ3n) is 4.85. The maximum absolute atomic E-state index is 13.7. The first-order valence-corrected chi connectivity index (χ1v) is 11.8. The second-order valence-corrected chi connectivity index (χ2v) is 8.42. The topological polar surface area (TPSA) is 80.3 Å². The zero-order chi connectivity index (χ0) is 24.5. The van der Waals surface area contributed by atoms with Gasteiger partial charge in [0.25, 0.3) is 11.8 Å². The number of amides is 2. The third-order valence-corrected chi connectivity index (χ3v) is 5.86. The fraction of sp³-hybridized carbons (Fsp3) is 0.0741. The maximum Gasteiger partial charge on any atom is 0.262 e. The number of halogens is 1. The minimum Gasteiger partial charge on any atom is -0.483 e. The molecular formula is C27H22FN3O3S. The van der Waals surface area contributed by atoms with Crippen molar-refractivity contribution in [3.8, 4) is 5.75 Å². The molecule has 35 heavy (non-hydrogen) atoms. The summed E-state index contributed by atoms with van der Waals surface area (Å²) in [6.07, 6.45) is 1.75. The van der Waals surface area contributed by atoms with E-state index >= 15 is 0 Å². The summed E-state index contributed by atoms with van der Waals surface area (Å²) in [5, 5.41) is 6.25. The van der Waals surface area contributed by atoms with Crippen molar-refractivity contribution in [2.24, 2.45) is 0 Å². The minimum absolute atomic E-state index is 0.0632. The normalized spacial score (nSPS) is 10.4. The Balaban J connectivity index is 1.37. The first kappa shape index (κ1) is 24.0. The first-order valence-electron chi connectivity index (χ1n) is 10.8. The summed E-state index contributed by atoms with van der Waals surface area (Å²) in [4.78, 5) is 29.5. The molecule has 0 atom stereocenters. The van der Waals surface area contributed by atoms with Crippen LogP contribution < -0.4 is 15.4 Å². The van der Waals surface area contributed by atoms with E-state index in [1.54, 1.807) is 54.4 Å². The lowest BCUT2D eigenvalue weighted by Gasteiger charge is -2.12. The molecule has 4 aromatic rings. The van der Waals surface area contributed by atoms with Crippen LogP contribution in [0.4, 0.5) is 15.8 Å². The van der Waals surface area contributed by atoms with E-state index in [0.29, 0.717) is 11.4 Å². The summed E-state index contributed by atoms with van der Waals surface area (Å²) in [5.74, 6) is -0.498. The van der Waals surface area contributed by atoms with Crippen LogP contribution in [0.1, 0.15) is 15.9 Å². The molecule has 0 saturated heterocycles. The molecule has 4 rings (SSSR count). The van der Waals surface area contributed by atoms with Gasteiger partial charge in [-0.25, -0.2) is 9.37 Å². The molecule has 0 unspecified atom stereocenters. The van der Waals surface area contributed by atoms with Gasteiger partial charge in [0.15, 0.2) is 6.61 Å². The Morgan fingerprint density at radius 1 is 0.886 bits per heavy atom. The summed E-state index contributed by atoms with van der Waals surface area (Å²) < 4.78 is 19.3. The molecule has 0 radical (unpaired) electrons. The van der Waals surface area contributed by atoms with E-state index in [1.165, 1.54) is 18.2 Å². The smallest absolute Gasteiger partial charge is 0.262 e. The van der Waals surface area contributed by atoms with Crippen LogP contribution in [0, 0.1) is 5.82 Å². The van der Waals surface area contributed by atoms with Crippen LogP contribution in [0.2, 0.25) is 0 Å². The van der Waals surface area contributed by atoms with Crippen molar-refractivity contribution in [3.63, 3.8) is 0 Å². The molecule has 0 fully saturated rings. The van der Waals surface area contributed by atoms with Gasteiger partial charge in [-0.1, -0.05) is 42.5 Å². The number of thioether (sulfide) groups is 1. The lowest BCUT2D eigenvalue weighted by atomic mass is 10.1. The summed E-state index contributed by atoms with van der Waals surface area (Å²) in [6.45, 7) is -0.376. The number of carbonyl (C=O) groups is 2. The molecule has 1 aromatic heterocycles. The van der Waals surface area contributed by atoms with Crippen LogP contribution in [-0.2, 0) is 10.5 Å². The standard InChI is InChI=1S/C27H22FN3O3S/c28-22-11-2-3-12-23(22)31-25(32)17-34-24-13-4-1-10-21(24)27(33)30-20-9-7-8-19(16-20)18-35-26-14-5-6-15-29-26/h1-16H,17-18H2,(H,30,33)(H,31,32). The predicted molar refractivity (Wildman–Crippen MR) is 135 cm³/mol. The highest BCUT2D eigenvalue weighted by Gasteiger charge is 2.14. The van der Waals surface area contributed by atoms with Gasteiger partial charge < -0.3 is 15.4 Å². The average Bonchev–Trinajstić information content (AvgIpc) is 2.88. The highest BCUT2D eigenvalue weighted by molar-refractivity contribution is 7.98. The SMILES string of the molecule is O=C(COc1ccccc1C(=O)Nc1cccc(CSc2ccccn2)c1)Nc1ccccc1F. The number of carbonyl (C=O) groups excluding carboxylic acids is 2. The number of hydrogen-bond acceptors (Lipinski definition) is 5. The molecule has 8 heteroatoms. The Kier molecular flexibility index (Phi) is 8.08. The van der Waals surface area contributed by atoms with Crippen LogP contribution >= 0.6 is 11.8 Å². The monoisotopic (exact) mass is 487 g/mol. The van der Waals surface area contributed by atoms with E-state index in [1.807, 2.05) is 36.4 Å². The van der Waals surface area contributed by atoms with Gasteiger partial charge in [-0.3, -0.25) is 9.59 Å². The maximum atomic E-state index is 13.7. The molecule has 2 N–H and O–H groups in total. The number of pyridine rings is 1. The molecule has 0 aliphatic heterocycles. The molecular weight excluding hydrogens is 465 g/mol. The van der Waals surface area contributed by atoms with Crippen molar-refractivity contribution in [1.29, 1.82) is 0 Å². The van der Waals surface area contributed by atoms with Crippen LogP contribution in [0.3, 0.4) is 0 Å². The molecule has 0 aliphatic carbocycles. The molecule has 176 valence electrons. The largest absolute Gasteiger partial charge is 0.483 e. The van der Waals surface area contributed by atoms with Gasteiger partial charge in [0.05, 0.1) is 16.3 Å². The fourth-order valence-corrected chi connectivity index (χ4v) is 4.00. The number of anilines is 2. The second kappa shape index (κ2) is 11.8. The second-order valence-electron chi connectivity index (χ2n) is 7.42. The van der Waals surface area contributed by atoms with E-state index in [4.69, 9.17) is 4.74 Å². The summed E-state index contributed by atoms with van der Waals surface area (Å²) in [6, 6.07) is 25.8. The van der Waals surface area contributed by atoms with Gasteiger partial charge in [0.1, 0.15) is 11.6 Å². The third kappa shape index (κ3) is 6.91. The van der Waals surface area contributed by atoms with Crippen molar-refractivity contribution in [2.75, 3.05) is 17.2 Å². The predicted octanol–water partition coefficient (Wildman–Crippen LogP) is 5.78. The lowest BCUT2D eigenvalue weighted by Crippen LogP contribution is -2.22. The number of nitrogens with zero attached hydrogens (tertiary/aromatic N) is 1. The van der Waals surface area contributed by atoms with E-state index in [0.717, 1.165) is 10.6 Å². The highest BCUT2D eigenvalue weighted by Crippen LogP contribution is 2.24. The molecule has 0 aliphatic rings. The van der Waals surface area contributed by atoms with Crippen molar-refractivity contribution in [3.05, 3.63) is 114 Å². The fourth-order valence-electron chi connectivity index (χ4n) is 3.20. The van der Waals surface area contributed by atoms with Crippen molar-refractivity contribution >= 4 is 35.0 Å². The number of benzene rings is 3. The number of para-hydroxylation sites is 2. The molecule has 0 bridgehead atoms.